The highest BCUT2D eigenvalue weighted by molar-refractivity contribution is 6.01. The zero-order chi connectivity index (χ0) is 13.4. The molecule has 18 heavy (non-hydrogen) atoms. The fourth-order valence-electron chi connectivity index (χ4n) is 3.31. The van der Waals surface area contributed by atoms with E-state index in [9.17, 15) is 14.0 Å². The van der Waals surface area contributed by atoms with E-state index in [2.05, 4.69) is 0 Å². The van der Waals surface area contributed by atoms with Crippen LogP contribution in [0.25, 0.3) is 0 Å². The van der Waals surface area contributed by atoms with Crippen molar-refractivity contribution < 1.29 is 23.5 Å². The summed E-state index contributed by atoms with van der Waals surface area (Å²) in [5, 5.41) is 0. The van der Waals surface area contributed by atoms with Crippen molar-refractivity contribution in [2.24, 2.45) is 10.8 Å². The standard InChI is InChI=1S/C13H19FO4/c1-3-17-10(15)13(11(16)18-4-2)7-12(8-13)5-9(14)6-12/h9H,3-8H2,1-2H3. The van der Waals surface area contributed by atoms with Crippen LogP contribution in [-0.4, -0.2) is 31.3 Å². The Labute approximate surface area is 106 Å². The Morgan fingerprint density at radius 2 is 1.56 bits per heavy atom. The number of ether oxygens (including phenoxy) is 2. The molecule has 2 saturated carbocycles. The third kappa shape index (κ3) is 1.89. The average Bonchev–Trinajstić information content (AvgIpc) is 2.21. The summed E-state index contributed by atoms with van der Waals surface area (Å²) in [6.07, 6.45) is 0.865. The second-order valence-corrected chi connectivity index (χ2v) is 5.38. The largest absolute Gasteiger partial charge is 0.465 e. The number of carbonyl (C=O) groups excluding carboxylic acids is 2. The fourth-order valence-corrected chi connectivity index (χ4v) is 3.31. The Morgan fingerprint density at radius 1 is 1.11 bits per heavy atom. The summed E-state index contributed by atoms with van der Waals surface area (Å²) in [6.45, 7) is 3.87. The predicted molar refractivity (Wildman–Crippen MR) is 61.5 cm³/mol. The lowest BCUT2D eigenvalue weighted by atomic mass is 9.44. The number of alkyl halides is 1. The van der Waals surface area contributed by atoms with E-state index in [1.54, 1.807) is 13.8 Å². The summed E-state index contributed by atoms with van der Waals surface area (Å²) >= 11 is 0. The zero-order valence-electron chi connectivity index (χ0n) is 10.8. The van der Waals surface area contributed by atoms with E-state index < -0.39 is 23.5 Å². The molecule has 102 valence electrons. The van der Waals surface area contributed by atoms with Gasteiger partial charge in [0.2, 0.25) is 0 Å². The number of hydrogen-bond donors (Lipinski definition) is 0. The number of carbonyl (C=O) groups is 2. The predicted octanol–water partition coefficient (Wildman–Crippen LogP) is 2.01. The van der Waals surface area contributed by atoms with Crippen molar-refractivity contribution in [3.8, 4) is 0 Å². The third-order valence-electron chi connectivity index (χ3n) is 3.99. The highest BCUT2D eigenvalue weighted by Gasteiger charge is 2.68. The van der Waals surface area contributed by atoms with Crippen LogP contribution in [0.1, 0.15) is 39.5 Å². The zero-order valence-corrected chi connectivity index (χ0v) is 10.8. The Balaban J connectivity index is 2.07. The highest BCUT2D eigenvalue weighted by Crippen LogP contribution is 2.65. The van der Waals surface area contributed by atoms with Gasteiger partial charge in [-0.1, -0.05) is 0 Å². The van der Waals surface area contributed by atoms with Crippen molar-refractivity contribution in [2.75, 3.05) is 13.2 Å². The van der Waals surface area contributed by atoms with Gasteiger partial charge < -0.3 is 9.47 Å². The molecule has 2 aliphatic carbocycles. The van der Waals surface area contributed by atoms with Crippen LogP contribution in [0, 0.1) is 10.8 Å². The molecule has 5 heteroatoms. The number of esters is 2. The SMILES string of the molecule is CCOC(=O)C1(C(=O)OCC)CC2(CC(F)C2)C1. The molecule has 0 aromatic heterocycles. The Bertz CT molecular complexity index is 332. The first-order valence-corrected chi connectivity index (χ1v) is 6.46. The topological polar surface area (TPSA) is 52.6 Å². The molecule has 0 radical (unpaired) electrons. The van der Waals surface area contributed by atoms with Gasteiger partial charge in [0.15, 0.2) is 5.41 Å². The van der Waals surface area contributed by atoms with Gasteiger partial charge in [0.1, 0.15) is 6.17 Å². The van der Waals surface area contributed by atoms with Crippen LogP contribution < -0.4 is 0 Å². The summed E-state index contributed by atoms with van der Waals surface area (Å²) in [4.78, 5) is 23.9. The van der Waals surface area contributed by atoms with Gasteiger partial charge >= 0.3 is 11.9 Å². The Hall–Kier alpha value is -1.13. The van der Waals surface area contributed by atoms with Crippen LogP contribution in [0.4, 0.5) is 4.39 Å². The van der Waals surface area contributed by atoms with Gasteiger partial charge in [-0.25, -0.2) is 4.39 Å². The summed E-state index contributed by atoms with van der Waals surface area (Å²) in [5.41, 5.74) is -1.34. The first-order chi connectivity index (χ1) is 8.48. The monoisotopic (exact) mass is 258 g/mol. The van der Waals surface area contributed by atoms with Crippen LogP contribution in [0.5, 0.6) is 0 Å². The lowest BCUT2D eigenvalue weighted by molar-refractivity contribution is -0.204. The minimum absolute atomic E-state index is 0.168. The highest BCUT2D eigenvalue weighted by atomic mass is 19.1. The average molecular weight is 258 g/mol. The normalized spacial score (nSPS) is 23.9. The second kappa shape index (κ2) is 4.52. The van der Waals surface area contributed by atoms with Crippen molar-refractivity contribution in [3.05, 3.63) is 0 Å². The van der Waals surface area contributed by atoms with Gasteiger partial charge in [-0.3, -0.25) is 9.59 Å². The van der Waals surface area contributed by atoms with E-state index >= 15 is 0 Å². The Kier molecular flexibility index (Phi) is 3.34. The third-order valence-corrected chi connectivity index (χ3v) is 3.99. The van der Waals surface area contributed by atoms with Crippen LogP contribution in [-0.2, 0) is 19.1 Å². The van der Waals surface area contributed by atoms with Crippen LogP contribution in [0.2, 0.25) is 0 Å². The van der Waals surface area contributed by atoms with Gasteiger partial charge in [0.05, 0.1) is 13.2 Å². The maximum absolute atomic E-state index is 13.0. The molecule has 2 aliphatic rings. The minimum atomic E-state index is -1.17. The van der Waals surface area contributed by atoms with Gasteiger partial charge in [0.25, 0.3) is 0 Å². The molecular formula is C13H19FO4. The van der Waals surface area contributed by atoms with Crippen molar-refractivity contribution in [2.45, 2.75) is 45.7 Å². The molecular weight excluding hydrogens is 239 g/mol. The molecule has 0 saturated heterocycles. The van der Waals surface area contributed by atoms with E-state index in [4.69, 9.17) is 9.47 Å². The molecule has 4 nitrogen and oxygen atoms in total. The molecule has 0 N–H and O–H groups in total. The first-order valence-electron chi connectivity index (χ1n) is 6.46. The summed E-state index contributed by atoms with van der Waals surface area (Å²) in [7, 11) is 0. The van der Waals surface area contributed by atoms with Gasteiger partial charge in [0, 0.05) is 0 Å². The number of halogens is 1. The number of rotatable bonds is 4. The Morgan fingerprint density at radius 3 is 1.89 bits per heavy atom. The molecule has 0 heterocycles. The smallest absolute Gasteiger partial charge is 0.323 e. The maximum Gasteiger partial charge on any atom is 0.323 e. The quantitative estimate of drug-likeness (QED) is 0.572. The molecule has 0 aromatic carbocycles. The van der Waals surface area contributed by atoms with E-state index in [1.165, 1.54) is 0 Å². The van der Waals surface area contributed by atoms with Crippen LogP contribution in [0.15, 0.2) is 0 Å². The second-order valence-electron chi connectivity index (χ2n) is 5.38. The van der Waals surface area contributed by atoms with Gasteiger partial charge in [-0.05, 0) is 44.9 Å². The van der Waals surface area contributed by atoms with Crippen molar-refractivity contribution in [3.63, 3.8) is 0 Å². The van der Waals surface area contributed by atoms with E-state index in [-0.39, 0.29) is 18.6 Å². The molecule has 2 rings (SSSR count). The fraction of sp³-hybridized carbons (Fsp3) is 0.846. The molecule has 0 aliphatic heterocycles. The molecule has 2 fully saturated rings. The maximum atomic E-state index is 13.0. The van der Waals surface area contributed by atoms with Crippen LogP contribution in [0.3, 0.4) is 0 Å². The van der Waals surface area contributed by atoms with Crippen molar-refractivity contribution >= 4 is 11.9 Å². The van der Waals surface area contributed by atoms with E-state index in [0.717, 1.165) is 0 Å². The summed E-state index contributed by atoms with van der Waals surface area (Å²) in [5.74, 6) is -1.03. The van der Waals surface area contributed by atoms with E-state index in [0.29, 0.717) is 25.7 Å². The minimum Gasteiger partial charge on any atom is -0.465 e. The van der Waals surface area contributed by atoms with Crippen LogP contribution >= 0.6 is 0 Å². The molecule has 0 aromatic rings. The molecule has 0 amide bonds. The number of hydrogen-bond acceptors (Lipinski definition) is 4. The molecule has 1 spiro atoms. The lowest BCUT2D eigenvalue weighted by Crippen LogP contribution is -2.61. The summed E-state index contributed by atoms with van der Waals surface area (Å²) in [6, 6.07) is 0. The van der Waals surface area contributed by atoms with Crippen molar-refractivity contribution in [1.29, 1.82) is 0 Å². The summed E-state index contributed by atoms with van der Waals surface area (Å²) < 4.78 is 22.9. The van der Waals surface area contributed by atoms with Crippen molar-refractivity contribution in [1.82, 2.24) is 0 Å². The molecule has 0 bridgehead atoms. The molecule has 0 atom stereocenters. The van der Waals surface area contributed by atoms with Gasteiger partial charge in [-0.15, -0.1) is 0 Å². The lowest BCUT2D eigenvalue weighted by Gasteiger charge is -2.58. The molecule has 0 unspecified atom stereocenters. The van der Waals surface area contributed by atoms with Gasteiger partial charge in [-0.2, -0.15) is 0 Å². The van der Waals surface area contributed by atoms with E-state index in [1.807, 2.05) is 0 Å². The first kappa shape index (κ1) is 13.3.